The van der Waals surface area contributed by atoms with Crippen molar-refractivity contribution in [2.75, 3.05) is 59.9 Å². The highest BCUT2D eigenvalue weighted by Crippen LogP contribution is 2.14. The zero-order chi connectivity index (χ0) is 16.8. The lowest BCUT2D eigenvalue weighted by molar-refractivity contribution is 0.0473. The van der Waals surface area contributed by atoms with Crippen LogP contribution in [0.2, 0.25) is 0 Å². The average molecular weight is 325 g/mol. The molecule has 5 nitrogen and oxygen atoms in total. The minimum absolute atomic E-state index is 0.308. The van der Waals surface area contributed by atoms with Gasteiger partial charge in [-0.3, -0.25) is 4.90 Å². The fourth-order valence-electron chi connectivity index (χ4n) is 2.91. The molecule has 1 aliphatic rings. The van der Waals surface area contributed by atoms with Gasteiger partial charge in [-0.25, -0.2) is 4.39 Å². The third-order valence-corrected chi connectivity index (χ3v) is 4.33. The quantitative estimate of drug-likeness (QED) is 0.760. The van der Waals surface area contributed by atoms with Crippen LogP contribution in [-0.4, -0.2) is 90.9 Å². The largest absolute Gasteiger partial charge is 0.390 e. The molecule has 2 rings (SSSR count). The maximum Gasteiger partial charge on any atom is 0.123 e. The van der Waals surface area contributed by atoms with Crippen molar-refractivity contribution in [3.63, 3.8) is 0 Å². The fourth-order valence-corrected chi connectivity index (χ4v) is 2.91. The van der Waals surface area contributed by atoms with Crippen LogP contribution in [0.4, 0.5) is 4.39 Å². The summed E-state index contributed by atoms with van der Waals surface area (Å²) in [5.74, 6) is -0.308. The maximum atomic E-state index is 12.9. The number of halogens is 1. The molecule has 0 spiro atoms. The molecular formula is C17H28FN3O2. The van der Waals surface area contributed by atoms with E-state index in [1.54, 1.807) is 12.1 Å². The summed E-state index contributed by atoms with van der Waals surface area (Å²) in [6, 6.07) is 5.88. The second-order valence-electron chi connectivity index (χ2n) is 6.55. The fraction of sp³-hybridized carbons (Fsp3) is 0.647. The summed E-state index contributed by atoms with van der Waals surface area (Å²) in [7, 11) is 3.98. The Balaban J connectivity index is 1.72. The van der Waals surface area contributed by atoms with Crippen LogP contribution in [0.5, 0.6) is 0 Å². The molecule has 23 heavy (non-hydrogen) atoms. The van der Waals surface area contributed by atoms with Crippen molar-refractivity contribution >= 4 is 0 Å². The maximum absolute atomic E-state index is 12.9. The van der Waals surface area contributed by atoms with Crippen LogP contribution in [0, 0.1) is 5.82 Å². The van der Waals surface area contributed by atoms with E-state index < -0.39 is 12.2 Å². The van der Waals surface area contributed by atoms with E-state index >= 15 is 0 Å². The van der Waals surface area contributed by atoms with Crippen molar-refractivity contribution in [3.8, 4) is 0 Å². The number of likely N-dealkylation sites (N-methyl/N-ethyl adjacent to an activating group) is 2. The zero-order valence-corrected chi connectivity index (χ0v) is 14.0. The van der Waals surface area contributed by atoms with E-state index in [0.717, 1.165) is 26.2 Å². The van der Waals surface area contributed by atoms with Gasteiger partial charge in [-0.2, -0.15) is 0 Å². The van der Waals surface area contributed by atoms with Crippen LogP contribution in [0.15, 0.2) is 24.3 Å². The van der Waals surface area contributed by atoms with E-state index in [-0.39, 0.29) is 5.82 Å². The van der Waals surface area contributed by atoms with E-state index in [9.17, 15) is 14.6 Å². The number of benzene rings is 1. The van der Waals surface area contributed by atoms with Gasteiger partial charge in [0.2, 0.25) is 0 Å². The molecule has 0 aliphatic carbocycles. The monoisotopic (exact) mass is 325 g/mol. The molecule has 1 aromatic rings. The number of β-amino-alcohol motifs (C(OH)–C–C–N with tert-alkyl or cyclic N) is 1. The van der Waals surface area contributed by atoms with E-state index in [1.165, 1.54) is 12.1 Å². The number of nitrogens with zero attached hydrogens (tertiary/aromatic N) is 3. The average Bonchev–Trinajstić information content (AvgIpc) is 2.50. The number of rotatable bonds is 7. The van der Waals surface area contributed by atoms with Gasteiger partial charge in [-0.1, -0.05) is 12.1 Å². The Kier molecular flexibility index (Phi) is 6.92. The zero-order valence-electron chi connectivity index (χ0n) is 14.0. The molecule has 0 amide bonds. The molecule has 1 aromatic carbocycles. The summed E-state index contributed by atoms with van der Waals surface area (Å²) in [5, 5.41) is 20.4. The highest BCUT2D eigenvalue weighted by atomic mass is 19.1. The number of aliphatic hydroxyl groups is 2. The summed E-state index contributed by atoms with van der Waals surface area (Å²) in [6.07, 6.45) is -1.12. The van der Waals surface area contributed by atoms with Crippen LogP contribution in [-0.2, 0) is 0 Å². The van der Waals surface area contributed by atoms with E-state index in [2.05, 4.69) is 16.8 Å². The topological polar surface area (TPSA) is 50.2 Å². The molecule has 1 heterocycles. The standard InChI is InChI=1S/C17H28FN3O2/c1-19-7-9-21(10-8-19)12-16(22)11-20(2)13-17(23)14-3-5-15(18)6-4-14/h3-6,16-17,22-23H,7-13H2,1-2H3. The molecule has 130 valence electrons. The van der Waals surface area contributed by atoms with Crippen LogP contribution >= 0.6 is 0 Å². The lowest BCUT2D eigenvalue weighted by Crippen LogP contribution is -2.48. The normalized spacial score (nSPS) is 19.9. The highest BCUT2D eigenvalue weighted by Gasteiger charge is 2.19. The van der Waals surface area contributed by atoms with Gasteiger partial charge >= 0.3 is 0 Å². The van der Waals surface area contributed by atoms with Gasteiger partial charge in [0.25, 0.3) is 0 Å². The molecule has 6 heteroatoms. The summed E-state index contributed by atoms with van der Waals surface area (Å²) in [5.41, 5.74) is 0.687. The van der Waals surface area contributed by atoms with Gasteiger partial charge in [0.05, 0.1) is 12.2 Å². The van der Waals surface area contributed by atoms with Crippen molar-refractivity contribution in [2.24, 2.45) is 0 Å². The van der Waals surface area contributed by atoms with Gasteiger partial charge in [0, 0.05) is 45.8 Å². The first kappa shape index (κ1) is 18.3. The van der Waals surface area contributed by atoms with Crippen LogP contribution < -0.4 is 0 Å². The molecule has 1 saturated heterocycles. The van der Waals surface area contributed by atoms with Crippen molar-refractivity contribution in [1.82, 2.24) is 14.7 Å². The predicted octanol–water partition coefficient (Wildman–Crippen LogP) is 0.399. The Morgan fingerprint density at radius 2 is 1.70 bits per heavy atom. The number of piperazine rings is 1. The first-order valence-corrected chi connectivity index (χ1v) is 8.15. The Morgan fingerprint density at radius 1 is 1.09 bits per heavy atom. The molecule has 0 radical (unpaired) electrons. The molecular weight excluding hydrogens is 297 g/mol. The lowest BCUT2D eigenvalue weighted by Gasteiger charge is -2.34. The van der Waals surface area contributed by atoms with Crippen LogP contribution in [0.3, 0.4) is 0 Å². The summed E-state index contributed by atoms with van der Waals surface area (Å²) in [4.78, 5) is 6.47. The minimum Gasteiger partial charge on any atom is -0.390 e. The summed E-state index contributed by atoms with van der Waals surface area (Å²) < 4.78 is 12.9. The minimum atomic E-state index is -0.684. The van der Waals surface area contributed by atoms with Gasteiger partial charge in [0.1, 0.15) is 5.82 Å². The molecule has 2 N–H and O–H groups in total. The van der Waals surface area contributed by atoms with Crippen molar-refractivity contribution in [1.29, 1.82) is 0 Å². The van der Waals surface area contributed by atoms with Gasteiger partial charge in [-0.05, 0) is 31.8 Å². The van der Waals surface area contributed by atoms with E-state index in [1.807, 2.05) is 11.9 Å². The van der Waals surface area contributed by atoms with Crippen LogP contribution in [0.25, 0.3) is 0 Å². The Bertz CT molecular complexity index is 463. The lowest BCUT2D eigenvalue weighted by atomic mass is 10.1. The second kappa shape index (κ2) is 8.70. The van der Waals surface area contributed by atoms with Crippen molar-refractivity contribution in [2.45, 2.75) is 12.2 Å². The highest BCUT2D eigenvalue weighted by molar-refractivity contribution is 5.18. The third-order valence-electron chi connectivity index (χ3n) is 4.33. The van der Waals surface area contributed by atoms with E-state index in [4.69, 9.17) is 0 Å². The molecule has 0 aromatic heterocycles. The molecule has 0 saturated carbocycles. The molecule has 2 unspecified atom stereocenters. The smallest absolute Gasteiger partial charge is 0.123 e. The van der Waals surface area contributed by atoms with Crippen LogP contribution in [0.1, 0.15) is 11.7 Å². The van der Waals surface area contributed by atoms with Crippen molar-refractivity contribution < 1.29 is 14.6 Å². The number of hydrogen-bond donors (Lipinski definition) is 2. The molecule has 2 atom stereocenters. The Hall–Kier alpha value is -1.05. The first-order valence-electron chi connectivity index (χ1n) is 8.15. The van der Waals surface area contributed by atoms with Gasteiger partial charge in [0.15, 0.2) is 0 Å². The SMILES string of the molecule is CN1CCN(CC(O)CN(C)CC(O)c2ccc(F)cc2)CC1. The Labute approximate surface area is 137 Å². The van der Waals surface area contributed by atoms with E-state index in [0.29, 0.717) is 25.2 Å². The Morgan fingerprint density at radius 3 is 2.30 bits per heavy atom. The molecule has 1 fully saturated rings. The van der Waals surface area contributed by atoms with Gasteiger partial charge in [-0.15, -0.1) is 0 Å². The second-order valence-corrected chi connectivity index (χ2v) is 6.55. The number of aliphatic hydroxyl groups excluding tert-OH is 2. The number of hydrogen-bond acceptors (Lipinski definition) is 5. The predicted molar refractivity (Wildman–Crippen MR) is 88.8 cm³/mol. The molecule has 1 aliphatic heterocycles. The molecule has 0 bridgehead atoms. The summed E-state index contributed by atoms with van der Waals surface area (Å²) in [6.45, 7) is 5.60. The van der Waals surface area contributed by atoms with Gasteiger partial charge < -0.3 is 20.0 Å². The van der Waals surface area contributed by atoms with Crippen molar-refractivity contribution in [3.05, 3.63) is 35.6 Å². The third kappa shape index (κ3) is 6.16. The summed E-state index contributed by atoms with van der Waals surface area (Å²) >= 11 is 0. The first-order chi connectivity index (χ1) is 10.9.